The molecular formula is C18H24N4O. The molecule has 0 bridgehead atoms. The molecular weight excluding hydrogens is 288 g/mol. The number of nitrogens with zero attached hydrogens (tertiary/aromatic N) is 2. The Hall–Kier alpha value is -2.30. The molecule has 0 atom stereocenters. The number of aromatic nitrogens is 2. The molecule has 3 rings (SSSR count). The van der Waals surface area contributed by atoms with Crippen LogP contribution in [0.3, 0.4) is 0 Å². The Kier molecular flexibility index (Phi) is 4.95. The molecule has 0 aliphatic heterocycles. The van der Waals surface area contributed by atoms with Crippen molar-refractivity contribution < 1.29 is 4.79 Å². The number of urea groups is 1. The van der Waals surface area contributed by atoms with E-state index < -0.39 is 0 Å². The summed E-state index contributed by atoms with van der Waals surface area (Å²) >= 11 is 0. The van der Waals surface area contributed by atoms with Crippen molar-refractivity contribution in [2.75, 3.05) is 5.32 Å². The molecule has 0 spiro atoms. The number of carbonyl (C=O) groups is 1. The Morgan fingerprint density at radius 1 is 1.22 bits per heavy atom. The number of benzene rings is 1. The van der Waals surface area contributed by atoms with Crippen molar-refractivity contribution in [1.29, 1.82) is 0 Å². The first kappa shape index (κ1) is 15.6. The number of aryl methyl sites for hydroxylation is 1. The minimum atomic E-state index is -0.133. The van der Waals surface area contributed by atoms with Crippen LogP contribution < -0.4 is 10.6 Å². The minimum absolute atomic E-state index is 0.133. The fourth-order valence-corrected chi connectivity index (χ4v) is 2.99. The lowest BCUT2D eigenvalue weighted by Crippen LogP contribution is -2.38. The van der Waals surface area contributed by atoms with Crippen molar-refractivity contribution in [3.63, 3.8) is 0 Å². The summed E-state index contributed by atoms with van der Waals surface area (Å²) in [5.41, 5.74) is 3.17. The lowest BCUT2D eigenvalue weighted by atomic mass is 9.96. The SMILES string of the molecule is Cc1ccc(Cn2cc(NC(=O)NC3CCCCC3)cn2)cc1. The van der Waals surface area contributed by atoms with Crippen molar-refractivity contribution >= 4 is 11.7 Å². The molecule has 2 amide bonds. The second kappa shape index (κ2) is 7.31. The summed E-state index contributed by atoms with van der Waals surface area (Å²) < 4.78 is 1.83. The summed E-state index contributed by atoms with van der Waals surface area (Å²) in [7, 11) is 0. The van der Waals surface area contributed by atoms with E-state index >= 15 is 0 Å². The van der Waals surface area contributed by atoms with Crippen LogP contribution in [0.4, 0.5) is 10.5 Å². The summed E-state index contributed by atoms with van der Waals surface area (Å²) in [6.07, 6.45) is 9.42. The van der Waals surface area contributed by atoms with Gasteiger partial charge in [-0.05, 0) is 25.3 Å². The number of hydrogen-bond donors (Lipinski definition) is 2. The molecule has 1 aliphatic rings. The fraction of sp³-hybridized carbons (Fsp3) is 0.444. The zero-order valence-electron chi connectivity index (χ0n) is 13.6. The Morgan fingerprint density at radius 3 is 2.70 bits per heavy atom. The maximum atomic E-state index is 12.0. The highest BCUT2D eigenvalue weighted by molar-refractivity contribution is 5.89. The van der Waals surface area contributed by atoms with Crippen LogP contribution in [0.5, 0.6) is 0 Å². The number of hydrogen-bond acceptors (Lipinski definition) is 2. The van der Waals surface area contributed by atoms with Gasteiger partial charge in [0.25, 0.3) is 0 Å². The average molecular weight is 312 g/mol. The highest BCUT2D eigenvalue weighted by Crippen LogP contribution is 2.17. The second-order valence-electron chi connectivity index (χ2n) is 6.35. The molecule has 122 valence electrons. The van der Waals surface area contributed by atoms with Gasteiger partial charge in [-0.15, -0.1) is 0 Å². The standard InChI is InChI=1S/C18H24N4O/c1-14-7-9-15(10-8-14)12-22-13-17(11-19-22)21-18(23)20-16-5-3-2-4-6-16/h7-11,13,16H,2-6,12H2,1H3,(H2,20,21,23). The molecule has 1 fully saturated rings. The topological polar surface area (TPSA) is 59.0 Å². The predicted octanol–water partition coefficient (Wildman–Crippen LogP) is 3.69. The quantitative estimate of drug-likeness (QED) is 0.904. The molecule has 2 aromatic rings. The zero-order valence-corrected chi connectivity index (χ0v) is 13.6. The number of amides is 2. The monoisotopic (exact) mass is 312 g/mol. The summed E-state index contributed by atoms with van der Waals surface area (Å²) in [4.78, 5) is 12.0. The van der Waals surface area contributed by atoms with Crippen LogP contribution in [0.2, 0.25) is 0 Å². The highest BCUT2D eigenvalue weighted by atomic mass is 16.2. The molecule has 1 saturated carbocycles. The van der Waals surface area contributed by atoms with Gasteiger partial charge >= 0.3 is 6.03 Å². The largest absolute Gasteiger partial charge is 0.335 e. The van der Waals surface area contributed by atoms with Crippen molar-refractivity contribution in [3.05, 3.63) is 47.8 Å². The van der Waals surface area contributed by atoms with Gasteiger partial charge in [0.2, 0.25) is 0 Å². The van der Waals surface area contributed by atoms with Gasteiger partial charge in [0.05, 0.1) is 18.4 Å². The van der Waals surface area contributed by atoms with Crippen molar-refractivity contribution in [2.45, 2.75) is 51.6 Å². The van der Waals surface area contributed by atoms with Gasteiger partial charge < -0.3 is 10.6 Å². The van der Waals surface area contributed by atoms with Gasteiger partial charge in [-0.25, -0.2) is 4.79 Å². The molecule has 1 aliphatic carbocycles. The van der Waals surface area contributed by atoms with Crippen LogP contribution in [-0.2, 0) is 6.54 Å². The van der Waals surface area contributed by atoms with Crippen LogP contribution in [0.1, 0.15) is 43.2 Å². The van der Waals surface area contributed by atoms with E-state index in [0.29, 0.717) is 12.6 Å². The zero-order chi connectivity index (χ0) is 16.1. The number of anilines is 1. The first-order valence-corrected chi connectivity index (χ1v) is 8.34. The third-order valence-electron chi connectivity index (χ3n) is 4.30. The lowest BCUT2D eigenvalue weighted by molar-refractivity contribution is 0.244. The fourth-order valence-electron chi connectivity index (χ4n) is 2.99. The maximum absolute atomic E-state index is 12.0. The van der Waals surface area contributed by atoms with Crippen LogP contribution in [0.25, 0.3) is 0 Å². The normalized spacial score (nSPS) is 15.3. The minimum Gasteiger partial charge on any atom is -0.335 e. The third-order valence-corrected chi connectivity index (χ3v) is 4.30. The van der Waals surface area contributed by atoms with E-state index in [4.69, 9.17) is 0 Å². The van der Waals surface area contributed by atoms with E-state index in [2.05, 4.69) is 46.9 Å². The Bertz CT molecular complexity index is 641. The first-order chi connectivity index (χ1) is 11.2. The Labute approximate surface area is 137 Å². The van der Waals surface area contributed by atoms with E-state index in [-0.39, 0.29) is 6.03 Å². The molecule has 5 heteroatoms. The summed E-state index contributed by atoms with van der Waals surface area (Å²) in [5.74, 6) is 0. The van der Waals surface area contributed by atoms with Gasteiger partial charge in [0, 0.05) is 12.2 Å². The van der Waals surface area contributed by atoms with Crippen LogP contribution in [-0.4, -0.2) is 21.9 Å². The van der Waals surface area contributed by atoms with Crippen LogP contribution in [0, 0.1) is 6.92 Å². The molecule has 0 saturated heterocycles. The Morgan fingerprint density at radius 2 is 1.96 bits per heavy atom. The third kappa shape index (κ3) is 4.58. The molecule has 0 unspecified atom stereocenters. The van der Waals surface area contributed by atoms with Gasteiger partial charge in [0.15, 0.2) is 0 Å². The number of nitrogens with one attached hydrogen (secondary N) is 2. The number of carbonyl (C=O) groups excluding carboxylic acids is 1. The summed E-state index contributed by atoms with van der Waals surface area (Å²) in [5, 5.41) is 10.2. The van der Waals surface area contributed by atoms with E-state index in [0.717, 1.165) is 18.5 Å². The highest BCUT2D eigenvalue weighted by Gasteiger charge is 2.15. The van der Waals surface area contributed by atoms with Gasteiger partial charge in [-0.1, -0.05) is 49.1 Å². The van der Waals surface area contributed by atoms with E-state index in [1.165, 1.54) is 30.4 Å². The van der Waals surface area contributed by atoms with E-state index in [1.54, 1.807) is 6.20 Å². The smallest absolute Gasteiger partial charge is 0.319 e. The molecule has 1 aromatic heterocycles. The molecule has 1 heterocycles. The predicted molar refractivity (Wildman–Crippen MR) is 91.5 cm³/mol. The van der Waals surface area contributed by atoms with E-state index in [1.807, 2.05) is 10.9 Å². The van der Waals surface area contributed by atoms with Crippen molar-refractivity contribution in [2.24, 2.45) is 0 Å². The number of rotatable bonds is 4. The van der Waals surface area contributed by atoms with Gasteiger partial charge in [0.1, 0.15) is 0 Å². The molecule has 1 aromatic carbocycles. The molecule has 2 N–H and O–H groups in total. The van der Waals surface area contributed by atoms with Crippen molar-refractivity contribution in [1.82, 2.24) is 15.1 Å². The van der Waals surface area contributed by atoms with Crippen LogP contribution in [0.15, 0.2) is 36.7 Å². The van der Waals surface area contributed by atoms with E-state index in [9.17, 15) is 4.79 Å². The van der Waals surface area contributed by atoms with Gasteiger partial charge in [-0.2, -0.15) is 5.10 Å². The summed E-state index contributed by atoms with van der Waals surface area (Å²) in [6.45, 7) is 2.77. The van der Waals surface area contributed by atoms with Gasteiger partial charge in [-0.3, -0.25) is 4.68 Å². The first-order valence-electron chi connectivity index (χ1n) is 8.34. The summed E-state index contributed by atoms with van der Waals surface area (Å²) in [6, 6.07) is 8.56. The average Bonchev–Trinajstić information content (AvgIpc) is 2.97. The van der Waals surface area contributed by atoms with Crippen LogP contribution >= 0.6 is 0 Å². The Balaban J connectivity index is 1.52. The molecule has 23 heavy (non-hydrogen) atoms. The maximum Gasteiger partial charge on any atom is 0.319 e. The molecule has 0 radical (unpaired) electrons. The second-order valence-corrected chi connectivity index (χ2v) is 6.35. The molecule has 5 nitrogen and oxygen atoms in total. The van der Waals surface area contributed by atoms with Crippen molar-refractivity contribution in [3.8, 4) is 0 Å². The lowest BCUT2D eigenvalue weighted by Gasteiger charge is -2.22.